The van der Waals surface area contributed by atoms with Gasteiger partial charge < -0.3 is 4.74 Å². The number of hydrogen-bond acceptors (Lipinski definition) is 5. The molecular formula is C14H29NO5S. The van der Waals surface area contributed by atoms with Gasteiger partial charge in [0.05, 0.1) is 6.61 Å². The quantitative estimate of drug-likeness (QED) is 0.307. The SMILES string of the molecule is CCCCCCCCCCOC(=O)C(C)NCS(=O)(=O)O. The van der Waals surface area contributed by atoms with Crippen molar-refractivity contribution in [3.05, 3.63) is 0 Å². The van der Waals surface area contributed by atoms with Gasteiger partial charge >= 0.3 is 5.97 Å². The minimum absolute atomic E-state index is 0.353. The van der Waals surface area contributed by atoms with Gasteiger partial charge in [-0.3, -0.25) is 14.7 Å². The van der Waals surface area contributed by atoms with Gasteiger partial charge in [0, 0.05) is 0 Å². The summed E-state index contributed by atoms with van der Waals surface area (Å²) in [4.78, 5) is 11.5. The Morgan fingerprint density at radius 3 is 2.14 bits per heavy atom. The van der Waals surface area contributed by atoms with Crippen molar-refractivity contribution in [3.63, 3.8) is 0 Å². The van der Waals surface area contributed by atoms with Crippen LogP contribution >= 0.6 is 0 Å². The zero-order valence-corrected chi connectivity index (χ0v) is 14.0. The second-order valence-electron chi connectivity index (χ2n) is 5.29. The van der Waals surface area contributed by atoms with Crippen LogP contribution in [0.25, 0.3) is 0 Å². The maximum Gasteiger partial charge on any atom is 0.322 e. The number of rotatable bonds is 13. The number of esters is 1. The van der Waals surface area contributed by atoms with Crippen molar-refractivity contribution in [1.29, 1.82) is 0 Å². The zero-order valence-electron chi connectivity index (χ0n) is 13.1. The van der Waals surface area contributed by atoms with E-state index in [1.165, 1.54) is 39.0 Å². The number of nitrogens with one attached hydrogen (secondary N) is 1. The molecule has 0 spiro atoms. The van der Waals surface area contributed by atoms with Gasteiger partial charge in [-0.25, -0.2) is 0 Å². The lowest BCUT2D eigenvalue weighted by Gasteiger charge is -2.12. The summed E-state index contributed by atoms with van der Waals surface area (Å²) in [5, 5.41) is 2.39. The third kappa shape index (κ3) is 14.1. The van der Waals surface area contributed by atoms with E-state index in [0.29, 0.717) is 6.61 Å². The number of ether oxygens (including phenoxy) is 1. The van der Waals surface area contributed by atoms with E-state index in [-0.39, 0.29) is 0 Å². The molecular weight excluding hydrogens is 294 g/mol. The lowest BCUT2D eigenvalue weighted by atomic mass is 10.1. The van der Waals surface area contributed by atoms with E-state index in [0.717, 1.165) is 19.3 Å². The molecule has 0 amide bonds. The molecule has 0 aliphatic rings. The molecule has 6 nitrogen and oxygen atoms in total. The molecule has 0 heterocycles. The van der Waals surface area contributed by atoms with Crippen molar-refractivity contribution in [1.82, 2.24) is 5.32 Å². The lowest BCUT2D eigenvalue weighted by molar-refractivity contribution is -0.145. The third-order valence-electron chi connectivity index (χ3n) is 3.17. The monoisotopic (exact) mass is 323 g/mol. The van der Waals surface area contributed by atoms with Crippen LogP contribution in [-0.2, 0) is 19.6 Å². The van der Waals surface area contributed by atoms with E-state index in [1.54, 1.807) is 0 Å². The smallest absolute Gasteiger partial charge is 0.322 e. The van der Waals surface area contributed by atoms with Crippen LogP contribution in [0, 0.1) is 0 Å². The summed E-state index contributed by atoms with van der Waals surface area (Å²) in [7, 11) is -4.11. The molecule has 2 N–H and O–H groups in total. The van der Waals surface area contributed by atoms with E-state index in [9.17, 15) is 13.2 Å². The fraction of sp³-hybridized carbons (Fsp3) is 0.929. The number of hydrogen-bond donors (Lipinski definition) is 2. The van der Waals surface area contributed by atoms with Crippen molar-refractivity contribution in [2.75, 3.05) is 12.5 Å². The predicted octanol–water partition coefficient (Wildman–Crippen LogP) is 2.49. The van der Waals surface area contributed by atoms with Crippen LogP contribution in [0.5, 0.6) is 0 Å². The van der Waals surface area contributed by atoms with Crippen LogP contribution in [0.4, 0.5) is 0 Å². The average Bonchev–Trinajstić information content (AvgIpc) is 2.41. The Morgan fingerprint density at radius 2 is 1.62 bits per heavy atom. The van der Waals surface area contributed by atoms with E-state index >= 15 is 0 Å². The Morgan fingerprint density at radius 1 is 1.10 bits per heavy atom. The first-order chi connectivity index (χ1) is 9.87. The molecule has 0 aliphatic carbocycles. The topological polar surface area (TPSA) is 92.7 Å². The van der Waals surface area contributed by atoms with Gasteiger partial charge in [-0.1, -0.05) is 51.9 Å². The molecule has 1 atom stereocenters. The van der Waals surface area contributed by atoms with Crippen molar-refractivity contribution in [3.8, 4) is 0 Å². The van der Waals surface area contributed by atoms with Crippen LogP contribution in [0.2, 0.25) is 0 Å². The van der Waals surface area contributed by atoms with Crippen LogP contribution in [0.3, 0.4) is 0 Å². The average molecular weight is 323 g/mol. The summed E-state index contributed by atoms with van der Waals surface area (Å²) in [6, 6.07) is -0.749. The molecule has 21 heavy (non-hydrogen) atoms. The van der Waals surface area contributed by atoms with E-state index in [1.807, 2.05) is 0 Å². The fourth-order valence-electron chi connectivity index (χ4n) is 1.85. The number of carbonyl (C=O) groups is 1. The van der Waals surface area contributed by atoms with Crippen molar-refractivity contribution in [2.24, 2.45) is 0 Å². The lowest BCUT2D eigenvalue weighted by Crippen LogP contribution is -2.38. The highest BCUT2D eigenvalue weighted by Crippen LogP contribution is 2.08. The molecule has 126 valence electrons. The van der Waals surface area contributed by atoms with Gasteiger partial charge in [0.25, 0.3) is 10.1 Å². The van der Waals surface area contributed by atoms with Gasteiger partial charge in [-0.05, 0) is 13.3 Å². The molecule has 0 saturated carbocycles. The maximum absolute atomic E-state index is 11.5. The summed E-state index contributed by atoms with van der Waals surface area (Å²) in [5.74, 6) is -1.15. The Kier molecular flexibility index (Phi) is 11.6. The van der Waals surface area contributed by atoms with Crippen molar-refractivity contribution < 1.29 is 22.5 Å². The molecule has 1 unspecified atom stereocenters. The molecule has 0 bridgehead atoms. The summed E-state index contributed by atoms with van der Waals surface area (Å²) in [6.07, 6.45) is 9.34. The van der Waals surface area contributed by atoms with Crippen molar-refractivity contribution in [2.45, 2.75) is 71.3 Å². The van der Waals surface area contributed by atoms with Crippen LogP contribution in [0.1, 0.15) is 65.2 Å². The second kappa shape index (κ2) is 11.9. The minimum Gasteiger partial charge on any atom is -0.465 e. The largest absolute Gasteiger partial charge is 0.465 e. The van der Waals surface area contributed by atoms with Crippen LogP contribution in [0.15, 0.2) is 0 Å². The fourth-order valence-corrected chi connectivity index (χ4v) is 2.31. The first-order valence-electron chi connectivity index (χ1n) is 7.72. The van der Waals surface area contributed by atoms with Gasteiger partial charge in [-0.2, -0.15) is 8.42 Å². The maximum atomic E-state index is 11.5. The highest BCUT2D eigenvalue weighted by molar-refractivity contribution is 7.85. The molecule has 7 heteroatoms. The van der Waals surface area contributed by atoms with Crippen molar-refractivity contribution >= 4 is 16.1 Å². The van der Waals surface area contributed by atoms with Gasteiger partial charge in [0.2, 0.25) is 0 Å². The normalized spacial score (nSPS) is 13.1. The molecule has 0 fully saturated rings. The molecule has 0 aromatic heterocycles. The Bertz CT molecular complexity index is 370. The first-order valence-corrected chi connectivity index (χ1v) is 9.33. The number of carbonyl (C=O) groups excluding carboxylic acids is 1. The molecule has 0 saturated heterocycles. The van der Waals surface area contributed by atoms with E-state index in [2.05, 4.69) is 12.2 Å². The molecule has 0 aromatic rings. The highest BCUT2D eigenvalue weighted by atomic mass is 32.2. The van der Waals surface area contributed by atoms with Crippen LogP contribution in [-0.4, -0.2) is 37.5 Å². The predicted molar refractivity (Wildman–Crippen MR) is 82.6 cm³/mol. The van der Waals surface area contributed by atoms with Gasteiger partial charge in [0.1, 0.15) is 11.9 Å². The standard InChI is InChI=1S/C14H29NO5S/c1-3-4-5-6-7-8-9-10-11-20-14(16)13(2)15-12-21(17,18)19/h13,15H,3-12H2,1-2H3,(H,17,18,19). The third-order valence-corrected chi connectivity index (χ3v) is 3.70. The Labute approximate surface area is 128 Å². The summed E-state index contributed by atoms with van der Waals surface area (Å²) in [5.41, 5.74) is 0. The highest BCUT2D eigenvalue weighted by Gasteiger charge is 2.16. The summed E-state index contributed by atoms with van der Waals surface area (Å²) < 4.78 is 34.6. The minimum atomic E-state index is -4.11. The van der Waals surface area contributed by atoms with Crippen LogP contribution < -0.4 is 5.32 Å². The molecule has 0 aromatic carbocycles. The second-order valence-corrected chi connectivity index (χ2v) is 6.75. The van der Waals surface area contributed by atoms with Gasteiger partial charge in [-0.15, -0.1) is 0 Å². The summed E-state index contributed by atoms with van der Waals surface area (Å²) in [6.45, 7) is 4.05. The van der Waals surface area contributed by atoms with E-state index in [4.69, 9.17) is 9.29 Å². The van der Waals surface area contributed by atoms with E-state index < -0.39 is 28.0 Å². The molecule has 0 rings (SSSR count). The molecule has 0 radical (unpaired) electrons. The Hall–Kier alpha value is -0.660. The molecule has 0 aliphatic heterocycles. The first kappa shape index (κ1) is 20.3. The summed E-state index contributed by atoms with van der Waals surface area (Å²) >= 11 is 0. The number of unbranched alkanes of at least 4 members (excludes halogenated alkanes) is 7. The zero-order chi connectivity index (χ0) is 16.1. The van der Waals surface area contributed by atoms with Gasteiger partial charge in [0.15, 0.2) is 0 Å². The Balaban J connectivity index is 3.48.